The molecule has 8 rings (SSSR count). The summed E-state index contributed by atoms with van der Waals surface area (Å²) in [7, 11) is 0. The van der Waals surface area contributed by atoms with E-state index in [1.54, 1.807) is 0 Å². The molecule has 0 amide bonds. The SMILES string of the molecule is [c]1ccc2cccc3c2c1-c1ccccc1-3.[c]1cccc2c1ccc1c3ccccc3ccc21. The van der Waals surface area contributed by atoms with Crippen LogP contribution in [0.2, 0.25) is 0 Å². The van der Waals surface area contributed by atoms with Crippen LogP contribution in [0.3, 0.4) is 0 Å². The van der Waals surface area contributed by atoms with E-state index in [1.807, 2.05) is 12.1 Å². The van der Waals surface area contributed by atoms with E-state index in [4.69, 9.17) is 0 Å². The van der Waals surface area contributed by atoms with E-state index in [9.17, 15) is 0 Å². The quantitative estimate of drug-likeness (QED) is 0.211. The predicted molar refractivity (Wildman–Crippen MR) is 145 cm³/mol. The summed E-state index contributed by atoms with van der Waals surface area (Å²) in [6.45, 7) is 0. The van der Waals surface area contributed by atoms with Crippen LogP contribution < -0.4 is 0 Å². The first-order chi connectivity index (χ1) is 16.9. The van der Waals surface area contributed by atoms with Crippen LogP contribution in [-0.4, -0.2) is 0 Å². The van der Waals surface area contributed by atoms with Crippen molar-refractivity contribution in [2.75, 3.05) is 0 Å². The van der Waals surface area contributed by atoms with E-state index in [1.165, 1.54) is 65.3 Å². The molecular weight excluding hydrogens is 408 g/mol. The molecule has 0 heterocycles. The van der Waals surface area contributed by atoms with E-state index >= 15 is 0 Å². The standard InChI is InChI=1S/C18H11.C16H9/c1-3-7-15-13(5-1)9-11-18-16-8-4-2-6-14(16)10-12-17(15)18;1-2-8-13-12(7-1)14-9-3-5-11-6-4-10-15(13)16(11)14/h1-5,7-12H;1-9H. The molecule has 0 N–H and O–H groups in total. The van der Waals surface area contributed by atoms with Gasteiger partial charge in [0.25, 0.3) is 0 Å². The van der Waals surface area contributed by atoms with E-state index in [2.05, 4.69) is 121 Å². The number of benzene rings is 7. The summed E-state index contributed by atoms with van der Waals surface area (Å²) in [4.78, 5) is 0. The predicted octanol–water partition coefficient (Wildman–Crippen LogP) is 9.23. The highest BCUT2D eigenvalue weighted by atomic mass is 14.2. The molecule has 34 heavy (non-hydrogen) atoms. The normalized spacial score (nSPS) is 11.5. The second-order valence-electron chi connectivity index (χ2n) is 8.75. The Kier molecular flexibility index (Phi) is 4.25. The van der Waals surface area contributed by atoms with E-state index in [0.717, 1.165) is 0 Å². The minimum absolute atomic E-state index is 1.18. The van der Waals surface area contributed by atoms with Gasteiger partial charge >= 0.3 is 0 Å². The first-order valence-electron chi connectivity index (χ1n) is 11.6. The van der Waals surface area contributed by atoms with Gasteiger partial charge in [0.1, 0.15) is 0 Å². The molecule has 156 valence electrons. The minimum Gasteiger partial charge on any atom is -0.0616 e. The maximum absolute atomic E-state index is 3.37. The smallest absolute Gasteiger partial charge is 0.00141 e. The molecule has 0 spiro atoms. The highest BCUT2D eigenvalue weighted by Crippen LogP contribution is 2.46. The van der Waals surface area contributed by atoms with Gasteiger partial charge in [-0.15, -0.1) is 0 Å². The van der Waals surface area contributed by atoms with Gasteiger partial charge in [-0.2, -0.15) is 0 Å². The van der Waals surface area contributed by atoms with Crippen LogP contribution in [-0.2, 0) is 0 Å². The topological polar surface area (TPSA) is 0 Å². The fourth-order valence-electron chi connectivity index (χ4n) is 5.35. The molecule has 1 aliphatic rings. The molecule has 7 aromatic carbocycles. The second kappa shape index (κ2) is 7.57. The van der Waals surface area contributed by atoms with Crippen LogP contribution in [0.5, 0.6) is 0 Å². The van der Waals surface area contributed by atoms with Crippen LogP contribution in [0.25, 0.3) is 65.3 Å². The van der Waals surface area contributed by atoms with Gasteiger partial charge in [-0.05, 0) is 77.5 Å². The summed E-state index contributed by atoms with van der Waals surface area (Å²) in [5, 5.41) is 10.4. The molecular formula is C34H20. The molecule has 0 aromatic heterocycles. The van der Waals surface area contributed by atoms with Gasteiger partial charge in [-0.1, -0.05) is 121 Å². The van der Waals surface area contributed by atoms with Crippen molar-refractivity contribution in [2.24, 2.45) is 0 Å². The van der Waals surface area contributed by atoms with Crippen molar-refractivity contribution in [2.45, 2.75) is 0 Å². The largest absolute Gasteiger partial charge is 0.0616 e. The highest BCUT2D eigenvalue weighted by Gasteiger charge is 2.19. The van der Waals surface area contributed by atoms with Crippen molar-refractivity contribution >= 4 is 43.1 Å². The summed E-state index contributed by atoms with van der Waals surface area (Å²) in [6.07, 6.45) is 0. The van der Waals surface area contributed by atoms with Crippen molar-refractivity contribution < 1.29 is 0 Å². The lowest BCUT2D eigenvalue weighted by Crippen LogP contribution is -1.80. The monoisotopic (exact) mass is 428 g/mol. The number of hydrogen-bond donors (Lipinski definition) is 0. The Labute approximate surface area is 198 Å². The van der Waals surface area contributed by atoms with Crippen LogP contribution in [0.1, 0.15) is 0 Å². The summed E-state index contributed by atoms with van der Waals surface area (Å²) >= 11 is 0. The highest BCUT2D eigenvalue weighted by molar-refractivity contribution is 6.17. The zero-order chi connectivity index (χ0) is 22.5. The third-order valence-corrected chi connectivity index (χ3v) is 6.89. The summed E-state index contributed by atoms with van der Waals surface area (Å²) < 4.78 is 0. The van der Waals surface area contributed by atoms with Gasteiger partial charge in [0, 0.05) is 0 Å². The lowest BCUT2D eigenvalue weighted by atomic mass is 9.97. The van der Waals surface area contributed by atoms with Crippen molar-refractivity contribution in [1.29, 1.82) is 0 Å². The second-order valence-corrected chi connectivity index (χ2v) is 8.75. The first kappa shape index (κ1) is 19.1. The maximum Gasteiger partial charge on any atom is -0.00141 e. The molecule has 7 aromatic rings. The van der Waals surface area contributed by atoms with Gasteiger partial charge in [-0.25, -0.2) is 0 Å². The van der Waals surface area contributed by atoms with Gasteiger partial charge in [0.2, 0.25) is 0 Å². The molecule has 0 aliphatic heterocycles. The van der Waals surface area contributed by atoms with E-state index in [-0.39, 0.29) is 0 Å². The van der Waals surface area contributed by atoms with Crippen molar-refractivity contribution in [1.82, 2.24) is 0 Å². The summed E-state index contributed by atoms with van der Waals surface area (Å²) in [6, 6.07) is 49.4. The summed E-state index contributed by atoms with van der Waals surface area (Å²) in [5.74, 6) is 0. The molecule has 0 heteroatoms. The maximum atomic E-state index is 3.37. The Hall–Kier alpha value is -4.42. The average Bonchev–Trinajstić information content (AvgIpc) is 3.24. The molecule has 0 bridgehead atoms. The Morgan fingerprint density at radius 1 is 0.382 bits per heavy atom. The third-order valence-electron chi connectivity index (χ3n) is 6.89. The van der Waals surface area contributed by atoms with Crippen molar-refractivity contribution in [3.63, 3.8) is 0 Å². The first-order valence-corrected chi connectivity index (χ1v) is 11.6. The number of fused-ring (bicyclic) bond motifs is 8. The van der Waals surface area contributed by atoms with Gasteiger partial charge in [-0.3, -0.25) is 0 Å². The van der Waals surface area contributed by atoms with Crippen LogP contribution in [0.15, 0.2) is 121 Å². The number of rotatable bonds is 0. The number of hydrogen-bond acceptors (Lipinski definition) is 0. The van der Waals surface area contributed by atoms with E-state index < -0.39 is 0 Å². The molecule has 0 saturated carbocycles. The fourth-order valence-corrected chi connectivity index (χ4v) is 5.35. The molecule has 0 fully saturated rings. The molecule has 1 aliphatic carbocycles. The molecule has 0 nitrogen and oxygen atoms in total. The molecule has 0 saturated heterocycles. The lowest BCUT2D eigenvalue weighted by molar-refractivity contribution is 1.69. The molecule has 0 atom stereocenters. The van der Waals surface area contributed by atoms with Crippen molar-refractivity contribution in [3.05, 3.63) is 133 Å². The van der Waals surface area contributed by atoms with Gasteiger partial charge in [0.15, 0.2) is 0 Å². The summed E-state index contributed by atoms with van der Waals surface area (Å²) in [5.41, 5.74) is 5.25. The van der Waals surface area contributed by atoms with Gasteiger partial charge in [0.05, 0.1) is 0 Å². The van der Waals surface area contributed by atoms with Crippen LogP contribution in [0, 0.1) is 12.1 Å². The molecule has 0 unspecified atom stereocenters. The Bertz CT molecular complexity index is 1720. The zero-order valence-corrected chi connectivity index (χ0v) is 18.5. The average molecular weight is 429 g/mol. The van der Waals surface area contributed by atoms with Crippen LogP contribution >= 0.6 is 0 Å². The third kappa shape index (κ3) is 2.86. The van der Waals surface area contributed by atoms with E-state index in [0.29, 0.717) is 0 Å². The Morgan fingerprint density at radius 3 is 2.09 bits per heavy atom. The minimum atomic E-state index is 1.18. The van der Waals surface area contributed by atoms with Crippen LogP contribution in [0.4, 0.5) is 0 Å². The lowest BCUT2D eigenvalue weighted by Gasteiger charge is -2.06. The Balaban J connectivity index is 0.000000118. The fraction of sp³-hybridized carbons (Fsp3) is 0. The zero-order valence-electron chi connectivity index (χ0n) is 18.5. The van der Waals surface area contributed by atoms with Gasteiger partial charge < -0.3 is 0 Å². The Morgan fingerprint density at radius 2 is 1.12 bits per heavy atom. The van der Waals surface area contributed by atoms with Crippen molar-refractivity contribution in [3.8, 4) is 22.3 Å². The molecule has 2 radical (unpaired) electrons.